The molecule has 0 aromatic heterocycles. The van der Waals surface area contributed by atoms with Crippen LogP contribution < -0.4 is 10.5 Å². The van der Waals surface area contributed by atoms with Crippen molar-refractivity contribution in [3.63, 3.8) is 0 Å². The van der Waals surface area contributed by atoms with Crippen molar-refractivity contribution in [3.8, 4) is 5.75 Å². The monoisotopic (exact) mass is 324 g/mol. The summed E-state index contributed by atoms with van der Waals surface area (Å²) >= 11 is 6.09. The van der Waals surface area contributed by atoms with E-state index in [1.807, 2.05) is 36.1 Å². The molecule has 2 rings (SSSR count). The number of rotatable bonds is 6. The van der Waals surface area contributed by atoms with Crippen LogP contribution in [0, 0.1) is 5.92 Å². The number of ether oxygens (including phenoxy) is 1. The number of halogens is 1. The molecule has 0 aliphatic carbocycles. The first-order chi connectivity index (χ1) is 10.6. The summed E-state index contributed by atoms with van der Waals surface area (Å²) in [6.45, 7) is 4.15. The Balaban J connectivity index is 1.85. The molecule has 4 nitrogen and oxygen atoms in total. The number of carbonyl (C=O) groups excluding carboxylic acids is 1. The standard InChI is InChI=1S/C17H25ClN2O2/c1-2-6-15(19)17(21)20-10-5-7-13(11-20)12-22-16-9-4-3-8-14(16)18/h3-4,8-9,13,15H,2,5-7,10-12,19H2,1H3. The summed E-state index contributed by atoms with van der Waals surface area (Å²) in [6.07, 6.45) is 3.74. The number of nitrogens with two attached hydrogens (primary N) is 1. The smallest absolute Gasteiger partial charge is 0.239 e. The Morgan fingerprint density at radius 1 is 1.50 bits per heavy atom. The molecule has 1 fully saturated rings. The molecule has 0 saturated carbocycles. The minimum atomic E-state index is -0.367. The molecule has 2 atom stereocenters. The molecule has 1 aliphatic heterocycles. The molecule has 0 radical (unpaired) electrons. The van der Waals surface area contributed by atoms with Crippen LogP contribution in [0.4, 0.5) is 0 Å². The van der Waals surface area contributed by atoms with Crippen LogP contribution in [0.15, 0.2) is 24.3 Å². The maximum absolute atomic E-state index is 12.3. The molecule has 2 unspecified atom stereocenters. The third kappa shape index (κ3) is 4.62. The predicted molar refractivity (Wildman–Crippen MR) is 89.1 cm³/mol. The van der Waals surface area contributed by atoms with Gasteiger partial charge in [-0.15, -0.1) is 0 Å². The molecule has 2 N–H and O–H groups in total. The minimum Gasteiger partial charge on any atom is -0.492 e. The van der Waals surface area contributed by atoms with E-state index in [-0.39, 0.29) is 11.9 Å². The number of carbonyl (C=O) groups is 1. The lowest BCUT2D eigenvalue weighted by Gasteiger charge is -2.34. The van der Waals surface area contributed by atoms with Gasteiger partial charge in [-0.3, -0.25) is 4.79 Å². The third-order valence-electron chi connectivity index (χ3n) is 4.06. The fourth-order valence-electron chi connectivity index (χ4n) is 2.84. The van der Waals surface area contributed by atoms with E-state index in [1.54, 1.807) is 0 Å². The highest BCUT2D eigenvalue weighted by Gasteiger charge is 2.27. The van der Waals surface area contributed by atoms with E-state index in [2.05, 4.69) is 0 Å². The molecule has 1 aromatic rings. The number of hydrogen-bond acceptors (Lipinski definition) is 3. The van der Waals surface area contributed by atoms with E-state index >= 15 is 0 Å². The summed E-state index contributed by atoms with van der Waals surface area (Å²) < 4.78 is 5.81. The van der Waals surface area contributed by atoms with Crippen LogP contribution in [0.2, 0.25) is 5.02 Å². The summed E-state index contributed by atoms with van der Waals surface area (Å²) in [5, 5.41) is 0.621. The van der Waals surface area contributed by atoms with E-state index < -0.39 is 0 Å². The predicted octanol–water partition coefficient (Wildman–Crippen LogP) is 3.08. The molecule has 0 bridgehead atoms. The lowest BCUT2D eigenvalue weighted by Crippen LogP contribution is -2.48. The SMILES string of the molecule is CCCC(N)C(=O)N1CCCC(COc2ccccc2Cl)C1. The molecular formula is C17H25ClN2O2. The van der Waals surface area contributed by atoms with Gasteiger partial charge in [0.1, 0.15) is 5.75 Å². The normalized spacial score (nSPS) is 19.8. The topological polar surface area (TPSA) is 55.6 Å². The molecule has 1 amide bonds. The Morgan fingerprint density at radius 3 is 3.00 bits per heavy atom. The number of benzene rings is 1. The van der Waals surface area contributed by atoms with Gasteiger partial charge in [-0.1, -0.05) is 37.1 Å². The Morgan fingerprint density at radius 2 is 2.27 bits per heavy atom. The van der Waals surface area contributed by atoms with Crippen molar-refractivity contribution in [2.24, 2.45) is 11.7 Å². The van der Waals surface area contributed by atoms with Gasteiger partial charge < -0.3 is 15.4 Å². The summed E-state index contributed by atoms with van der Waals surface area (Å²) in [4.78, 5) is 14.2. The average Bonchev–Trinajstić information content (AvgIpc) is 2.54. The second kappa shape index (κ2) is 8.39. The molecule has 1 aliphatic rings. The van der Waals surface area contributed by atoms with Crippen LogP contribution in [-0.4, -0.2) is 36.5 Å². The van der Waals surface area contributed by atoms with Crippen LogP contribution in [-0.2, 0) is 4.79 Å². The van der Waals surface area contributed by atoms with Crippen molar-refractivity contribution in [1.29, 1.82) is 0 Å². The number of hydrogen-bond donors (Lipinski definition) is 1. The Hall–Kier alpha value is -1.26. The van der Waals surface area contributed by atoms with Crippen LogP contribution in [0.1, 0.15) is 32.6 Å². The second-order valence-electron chi connectivity index (χ2n) is 5.93. The molecule has 0 spiro atoms. The molecule has 1 heterocycles. The van der Waals surface area contributed by atoms with Crippen molar-refractivity contribution < 1.29 is 9.53 Å². The van der Waals surface area contributed by atoms with E-state index in [0.717, 1.165) is 38.8 Å². The van der Waals surface area contributed by atoms with Gasteiger partial charge in [0.25, 0.3) is 0 Å². The summed E-state index contributed by atoms with van der Waals surface area (Å²) in [5.74, 6) is 1.11. The fraction of sp³-hybridized carbons (Fsp3) is 0.588. The van der Waals surface area contributed by atoms with Crippen molar-refractivity contribution in [3.05, 3.63) is 29.3 Å². The van der Waals surface area contributed by atoms with Gasteiger partial charge in [-0.25, -0.2) is 0 Å². The number of piperidine rings is 1. The van der Waals surface area contributed by atoms with Crippen molar-refractivity contribution in [2.45, 2.75) is 38.6 Å². The molecule has 1 saturated heterocycles. The van der Waals surface area contributed by atoms with Gasteiger partial charge in [0.05, 0.1) is 17.7 Å². The van der Waals surface area contributed by atoms with E-state index in [4.69, 9.17) is 22.1 Å². The summed E-state index contributed by atoms with van der Waals surface area (Å²) in [6, 6.07) is 7.10. The zero-order valence-corrected chi connectivity index (χ0v) is 13.9. The first kappa shape index (κ1) is 17.1. The maximum atomic E-state index is 12.3. The highest BCUT2D eigenvalue weighted by Crippen LogP contribution is 2.25. The number of likely N-dealkylation sites (tertiary alicyclic amines) is 1. The minimum absolute atomic E-state index is 0.0734. The summed E-state index contributed by atoms with van der Waals surface area (Å²) in [7, 11) is 0. The average molecular weight is 325 g/mol. The maximum Gasteiger partial charge on any atom is 0.239 e. The largest absolute Gasteiger partial charge is 0.492 e. The second-order valence-corrected chi connectivity index (χ2v) is 6.34. The van der Waals surface area contributed by atoms with Crippen molar-refractivity contribution in [2.75, 3.05) is 19.7 Å². The Kier molecular flexibility index (Phi) is 6.52. The van der Waals surface area contributed by atoms with E-state index in [1.165, 1.54) is 0 Å². The first-order valence-electron chi connectivity index (χ1n) is 8.03. The Labute approximate surface area is 137 Å². The van der Waals surface area contributed by atoms with E-state index in [0.29, 0.717) is 23.3 Å². The zero-order valence-electron chi connectivity index (χ0n) is 13.1. The van der Waals surface area contributed by atoms with Gasteiger partial charge in [0, 0.05) is 19.0 Å². The van der Waals surface area contributed by atoms with Gasteiger partial charge in [0.15, 0.2) is 0 Å². The van der Waals surface area contributed by atoms with Gasteiger partial charge in [-0.2, -0.15) is 0 Å². The number of amides is 1. The Bertz CT molecular complexity index is 495. The van der Waals surface area contributed by atoms with Crippen LogP contribution >= 0.6 is 11.6 Å². The zero-order chi connectivity index (χ0) is 15.9. The number of nitrogens with zero attached hydrogens (tertiary/aromatic N) is 1. The highest BCUT2D eigenvalue weighted by molar-refractivity contribution is 6.32. The van der Waals surface area contributed by atoms with E-state index in [9.17, 15) is 4.79 Å². The van der Waals surface area contributed by atoms with Crippen molar-refractivity contribution >= 4 is 17.5 Å². The lowest BCUT2D eigenvalue weighted by atomic mass is 9.98. The van der Waals surface area contributed by atoms with Crippen LogP contribution in [0.3, 0.4) is 0 Å². The van der Waals surface area contributed by atoms with Gasteiger partial charge >= 0.3 is 0 Å². The summed E-state index contributed by atoms with van der Waals surface area (Å²) in [5.41, 5.74) is 5.95. The molecule has 5 heteroatoms. The highest BCUT2D eigenvalue weighted by atomic mass is 35.5. The molecular weight excluding hydrogens is 300 g/mol. The van der Waals surface area contributed by atoms with Gasteiger partial charge in [0.2, 0.25) is 5.91 Å². The lowest BCUT2D eigenvalue weighted by molar-refractivity contribution is -0.134. The number of para-hydroxylation sites is 1. The quantitative estimate of drug-likeness (QED) is 0.875. The third-order valence-corrected chi connectivity index (χ3v) is 4.37. The van der Waals surface area contributed by atoms with Gasteiger partial charge in [-0.05, 0) is 31.4 Å². The molecule has 22 heavy (non-hydrogen) atoms. The van der Waals surface area contributed by atoms with Crippen LogP contribution in [0.25, 0.3) is 0 Å². The fourth-order valence-corrected chi connectivity index (χ4v) is 3.03. The van der Waals surface area contributed by atoms with Crippen molar-refractivity contribution in [1.82, 2.24) is 4.90 Å². The van der Waals surface area contributed by atoms with Crippen LogP contribution in [0.5, 0.6) is 5.75 Å². The molecule has 122 valence electrons. The molecule has 1 aromatic carbocycles. The first-order valence-corrected chi connectivity index (χ1v) is 8.41.